The van der Waals surface area contributed by atoms with Crippen LogP contribution in [0.5, 0.6) is 5.75 Å². The van der Waals surface area contributed by atoms with Gasteiger partial charge in [0.25, 0.3) is 5.91 Å². The van der Waals surface area contributed by atoms with Crippen LogP contribution in [0.1, 0.15) is 29.8 Å². The average molecular weight is 531 g/mol. The van der Waals surface area contributed by atoms with Gasteiger partial charge in [-0.2, -0.15) is 10.4 Å². The molecule has 1 saturated heterocycles. The lowest BCUT2D eigenvalue weighted by molar-refractivity contribution is -0.0796. The van der Waals surface area contributed by atoms with Crippen molar-refractivity contribution >= 4 is 22.8 Å². The van der Waals surface area contributed by atoms with Crippen molar-refractivity contribution in [3.8, 4) is 23.2 Å². The Bertz CT molecular complexity index is 1540. The molecule has 0 spiro atoms. The minimum Gasteiger partial charge on any atom is -0.486 e. The number of nitrogens with one attached hydrogen (secondary N) is 2. The highest BCUT2D eigenvalue weighted by atomic mass is 19.1. The number of carbonyl (C=O) groups excluding carboxylic acids is 1. The highest BCUT2D eigenvalue weighted by Gasteiger charge is 2.27. The number of halogens is 1. The van der Waals surface area contributed by atoms with Crippen molar-refractivity contribution in [3.63, 3.8) is 0 Å². The predicted molar refractivity (Wildman–Crippen MR) is 142 cm³/mol. The molecule has 5 rings (SSSR count). The first-order chi connectivity index (χ1) is 18.7. The Hall–Kier alpha value is -4.53. The number of nitrogens with zero attached hydrogens (tertiary/aromatic N) is 4. The van der Waals surface area contributed by atoms with E-state index < -0.39 is 17.7 Å². The monoisotopic (exact) mass is 530 g/mol. The summed E-state index contributed by atoms with van der Waals surface area (Å²) in [6.07, 6.45) is 1.25. The van der Waals surface area contributed by atoms with E-state index in [4.69, 9.17) is 14.7 Å². The lowest BCUT2D eigenvalue weighted by Gasteiger charge is -2.26. The van der Waals surface area contributed by atoms with E-state index in [0.717, 1.165) is 5.52 Å². The Morgan fingerprint density at radius 2 is 2.03 bits per heavy atom. The number of amides is 1. The molecule has 1 amide bonds. The van der Waals surface area contributed by atoms with Crippen molar-refractivity contribution in [2.24, 2.45) is 0 Å². The van der Waals surface area contributed by atoms with Gasteiger partial charge >= 0.3 is 0 Å². The standard InChI is InChI=1S/C28H27FN6O4/c1-28(2,37)26(29)14-32-27(36)22-13-31-24(25-8-5-19-9-17(11-30)12-33-35(19)25)10-23(22)34-18-3-6-20(7-4-18)39-21-15-38-16-21/h3-10,12-13,21,26,37H,14-16H2,1-2H3,(H,31,34)(H,32,36)/t26-/m1/s1. The van der Waals surface area contributed by atoms with Crippen LogP contribution in [0.4, 0.5) is 15.8 Å². The fraction of sp³-hybridized carbons (Fsp3) is 0.286. The summed E-state index contributed by atoms with van der Waals surface area (Å²) in [4.78, 5) is 17.5. The van der Waals surface area contributed by atoms with Crippen LogP contribution < -0.4 is 15.4 Å². The molecular formula is C28H27FN6O4. The van der Waals surface area contributed by atoms with Gasteiger partial charge in [0, 0.05) is 11.9 Å². The van der Waals surface area contributed by atoms with Gasteiger partial charge in [-0.1, -0.05) is 0 Å². The van der Waals surface area contributed by atoms with E-state index >= 15 is 0 Å². The van der Waals surface area contributed by atoms with Gasteiger partial charge in [-0.25, -0.2) is 8.91 Å². The number of rotatable bonds is 9. The maximum atomic E-state index is 14.3. The highest BCUT2D eigenvalue weighted by molar-refractivity contribution is 6.00. The van der Waals surface area contributed by atoms with Gasteiger partial charge in [-0.05, 0) is 62.4 Å². The Morgan fingerprint density at radius 1 is 1.26 bits per heavy atom. The van der Waals surface area contributed by atoms with E-state index in [1.54, 1.807) is 16.6 Å². The van der Waals surface area contributed by atoms with Crippen LogP contribution in [-0.2, 0) is 4.74 Å². The molecular weight excluding hydrogens is 503 g/mol. The number of nitriles is 1. The summed E-state index contributed by atoms with van der Waals surface area (Å²) >= 11 is 0. The molecule has 39 heavy (non-hydrogen) atoms. The molecule has 200 valence electrons. The number of hydrogen-bond acceptors (Lipinski definition) is 8. The number of hydrogen-bond donors (Lipinski definition) is 3. The van der Waals surface area contributed by atoms with Crippen molar-refractivity contribution in [2.75, 3.05) is 25.1 Å². The second-order valence-corrected chi connectivity index (χ2v) is 9.78. The molecule has 3 N–H and O–H groups in total. The third kappa shape index (κ3) is 5.82. The smallest absolute Gasteiger partial charge is 0.255 e. The Labute approximate surface area is 224 Å². The third-order valence-electron chi connectivity index (χ3n) is 6.29. The number of alkyl halides is 1. The first kappa shape index (κ1) is 26.1. The molecule has 4 aromatic rings. The van der Waals surface area contributed by atoms with Crippen LogP contribution in [0.15, 0.2) is 60.9 Å². The molecule has 4 heterocycles. The third-order valence-corrected chi connectivity index (χ3v) is 6.29. The van der Waals surface area contributed by atoms with Crippen LogP contribution >= 0.6 is 0 Å². The first-order valence-electron chi connectivity index (χ1n) is 12.4. The molecule has 11 heteroatoms. The lowest BCUT2D eigenvalue weighted by atomic mass is 10.0. The molecule has 1 aliphatic heterocycles. The number of anilines is 2. The van der Waals surface area contributed by atoms with E-state index in [-0.39, 0.29) is 18.2 Å². The number of fused-ring (bicyclic) bond motifs is 1. The largest absolute Gasteiger partial charge is 0.486 e. The molecule has 0 saturated carbocycles. The molecule has 1 atom stereocenters. The fourth-order valence-corrected chi connectivity index (χ4v) is 3.91. The van der Waals surface area contributed by atoms with Crippen molar-refractivity contribution in [1.82, 2.24) is 19.9 Å². The Kier molecular flexibility index (Phi) is 7.15. The molecule has 0 radical (unpaired) electrons. The normalized spacial score (nSPS) is 14.3. The molecule has 0 aliphatic carbocycles. The van der Waals surface area contributed by atoms with Crippen LogP contribution in [0.25, 0.3) is 16.9 Å². The number of benzene rings is 1. The summed E-state index contributed by atoms with van der Waals surface area (Å²) in [5.41, 5.74) is 2.04. The highest BCUT2D eigenvalue weighted by Crippen LogP contribution is 2.29. The maximum Gasteiger partial charge on any atom is 0.255 e. The van der Waals surface area contributed by atoms with Crippen molar-refractivity contribution in [1.29, 1.82) is 5.26 Å². The summed E-state index contributed by atoms with van der Waals surface area (Å²) in [5.74, 6) is 0.149. The van der Waals surface area contributed by atoms with Crippen LogP contribution in [0.3, 0.4) is 0 Å². The summed E-state index contributed by atoms with van der Waals surface area (Å²) in [6.45, 7) is 3.44. The summed E-state index contributed by atoms with van der Waals surface area (Å²) in [7, 11) is 0. The second-order valence-electron chi connectivity index (χ2n) is 9.78. The van der Waals surface area contributed by atoms with E-state index in [9.17, 15) is 14.3 Å². The van der Waals surface area contributed by atoms with Gasteiger partial charge in [0.2, 0.25) is 0 Å². The average Bonchev–Trinajstić information content (AvgIpc) is 3.32. The predicted octanol–water partition coefficient (Wildman–Crippen LogP) is 3.63. The molecule has 1 aromatic carbocycles. The second kappa shape index (κ2) is 10.7. The van der Waals surface area contributed by atoms with Crippen LogP contribution in [0, 0.1) is 11.3 Å². The summed E-state index contributed by atoms with van der Waals surface area (Å²) in [6, 6.07) is 16.4. The van der Waals surface area contributed by atoms with Crippen molar-refractivity contribution in [3.05, 3.63) is 72.1 Å². The molecule has 0 bridgehead atoms. The Balaban J connectivity index is 1.45. The van der Waals surface area contributed by atoms with Crippen LogP contribution in [0.2, 0.25) is 0 Å². The molecule has 0 unspecified atom stereocenters. The minimum atomic E-state index is -1.66. The number of ether oxygens (including phenoxy) is 2. The zero-order valence-electron chi connectivity index (χ0n) is 21.4. The SMILES string of the molecule is CC(C)(O)[C@H](F)CNC(=O)c1cnc(-c2ccc3cc(C#N)cnn23)cc1Nc1ccc(OC2COC2)cc1. The van der Waals surface area contributed by atoms with E-state index in [2.05, 4.69) is 26.8 Å². The molecule has 10 nitrogen and oxygen atoms in total. The van der Waals surface area contributed by atoms with Gasteiger partial charge < -0.3 is 25.2 Å². The van der Waals surface area contributed by atoms with E-state index in [0.29, 0.717) is 47.3 Å². The number of pyridine rings is 1. The van der Waals surface area contributed by atoms with Crippen LogP contribution in [-0.4, -0.2) is 63.2 Å². The van der Waals surface area contributed by atoms with Gasteiger partial charge in [0.1, 0.15) is 24.1 Å². The fourth-order valence-electron chi connectivity index (χ4n) is 3.91. The zero-order chi connectivity index (χ0) is 27.6. The quantitative estimate of drug-likeness (QED) is 0.299. The topological polar surface area (TPSA) is 134 Å². The number of aromatic nitrogens is 3. The van der Waals surface area contributed by atoms with E-state index in [1.807, 2.05) is 36.4 Å². The van der Waals surface area contributed by atoms with Crippen molar-refractivity contribution in [2.45, 2.75) is 31.7 Å². The molecule has 3 aromatic heterocycles. The zero-order valence-corrected chi connectivity index (χ0v) is 21.4. The summed E-state index contributed by atoms with van der Waals surface area (Å²) < 4.78 is 26.9. The van der Waals surface area contributed by atoms with E-state index in [1.165, 1.54) is 26.2 Å². The summed E-state index contributed by atoms with van der Waals surface area (Å²) in [5, 5.41) is 29.2. The first-order valence-corrected chi connectivity index (χ1v) is 12.4. The molecule has 1 aliphatic rings. The van der Waals surface area contributed by atoms with Gasteiger partial charge in [0.05, 0.1) is 65.3 Å². The number of aliphatic hydroxyl groups is 1. The van der Waals surface area contributed by atoms with Gasteiger partial charge in [-0.15, -0.1) is 0 Å². The van der Waals surface area contributed by atoms with Gasteiger partial charge in [0.15, 0.2) is 0 Å². The maximum absolute atomic E-state index is 14.3. The minimum absolute atomic E-state index is 0.0415. The lowest BCUT2D eigenvalue weighted by Crippen LogP contribution is -2.42. The van der Waals surface area contributed by atoms with Crippen molar-refractivity contribution < 1.29 is 23.8 Å². The Morgan fingerprint density at radius 3 is 2.69 bits per heavy atom. The number of carbonyl (C=O) groups is 1. The molecule has 1 fully saturated rings. The van der Waals surface area contributed by atoms with Gasteiger partial charge in [-0.3, -0.25) is 9.78 Å².